The van der Waals surface area contributed by atoms with E-state index in [1.54, 1.807) is 48.4 Å². The summed E-state index contributed by atoms with van der Waals surface area (Å²) in [5, 5.41) is 10.9. The highest BCUT2D eigenvalue weighted by Crippen LogP contribution is 2.35. The second-order valence-electron chi connectivity index (χ2n) is 4.47. The highest BCUT2D eigenvalue weighted by Gasteiger charge is 2.40. The van der Waals surface area contributed by atoms with E-state index in [4.69, 9.17) is 16.9 Å². The third-order valence-electron chi connectivity index (χ3n) is 3.15. The summed E-state index contributed by atoms with van der Waals surface area (Å²) >= 11 is 0. The minimum Gasteiger partial charge on any atom is -0.416 e. The number of hydrogen-bond donors (Lipinski definition) is 2. The van der Waals surface area contributed by atoms with Crippen LogP contribution >= 0.6 is 0 Å². The van der Waals surface area contributed by atoms with E-state index in [2.05, 4.69) is 0 Å². The van der Waals surface area contributed by atoms with Gasteiger partial charge >= 0.3 is 5.97 Å². The van der Waals surface area contributed by atoms with Gasteiger partial charge in [-0.15, -0.1) is 6.42 Å². The molecule has 0 aliphatic heterocycles. The van der Waals surface area contributed by atoms with Gasteiger partial charge in [-0.25, -0.2) is 4.79 Å². The topological polar surface area (TPSA) is 89.6 Å². The number of primary amides is 1. The molecule has 1 amide bonds. The summed E-state index contributed by atoms with van der Waals surface area (Å²) in [5.74, 6) is -0.165. The van der Waals surface area contributed by atoms with Crippen LogP contribution in [0.1, 0.15) is 11.1 Å². The van der Waals surface area contributed by atoms with E-state index in [9.17, 15) is 14.7 Å². The molecule has 0 heterocycles. The Morgan fingerprint density at radius 2 is 1.68 bits per heavy atom. The maximum atomic E-state index is 11.9. The maximum Gasteiger partial charge on any atom is 0.389 e. The first-order chi connectivity index (χ1) is 10.5. The van der Waals surface area contributed by atoms with E-state index in [0.717, 1.165) is 0 Å². The molecular formula is C17H13NO4. The average molecular weight is 295 g/mol. The molecule has 2 rings (SSSR count). The van der Waals surface area contributed by atoms with Crippen LogP contribution in [0.3, 0.4) is 0 Å². The lowest BCUT2D eigenvalue weighted by atomic mass is 9.85. The van der Waals surface area contributed by atoms with Crippen LogP contribution in [0, 0.1) is 12.3 Å². The number of esters is 1. The molecule has 5 nitrogen and oxygen atoms in total. The minimum absolute atomic E-state index is 0.0318. The summed E-state index contributed by atoms with van der Waals surface area (Å²) in [6.45, 7) is 0. The van der Waals surface area contributed by atoms with E-state index in [0.29, 0.717) is 0 Å². The number of para-hydroxylation sites is 1. The summed E-state index contributed by atoms with van der Waals surface area (Å²) in [6.07, 6.45) is 4.97. The molecule has 0 radical (unpaired) electrons. The number of benzene rings is 2. The van der Waals surface area contributed by atoms with Crippen LogP contribution in [-0.4, -0.2) is 17.0 Å². The number of nitrogens with two attached hydrogens (primary N) is 1. The fourth-order valence-corrected chi connectivity index (χ4v) is 2.09. The summed E-state index contributed by atoms with van der Waals surface area (Å²) in [6, 6.07) is 14.1. The maximum absolute atomic E-state index is 11.9. The second kappa shape index (κ2) is 6.12. The van der Waals surface area contributed by atoms with E-state index in [1.165, 1.54) is 12.1 Å². The Kier molecular flexibility index (Phi) is 4.25. The monoisotopic (exact) mass is 295 g/mol. The second-order valence-corrected chi connectivity index (χ2v) is 4.47. The molecule has 0 saturated heterocycles. The molecule has 0 fully saturated rings. The number of carbonyl (C=O) groups excluding carboxylic acids is 2. The molecular weight excluding hydrogens is 282 g/mol. The predicted molar refractivity (Wildman–Crippen MR) is 79.5 cm³/mol. The number of aliphatic hydroxyl groups is 1. The zero-order valence-electron chi connectivity index (χ0n) is 11.5. The van der Waals surface area contributed by atoms with Gasteiger partial charge < -0.3 is 15.6 Å². The first-order valence-corrected chi connectivity index (χ1v) is 6.36. The molecule has 0 aliphatic rings. The molecule has 0 saturated carbocycles. The van der Waals surface area contributed by atoms with Crippen LogP contribution < -0.4 is 10.5 Å². The van der Waals surface area contributed by atoms with Crippen molar-refractivity contribution in [3.05, 3.63) is 65.7 Å². The summed E-state index contributed by atoms with van der Waals surface area (Å²) in [4.78, 5) is 23.2. The highest BCUT2D eigenvalue weighted by atomic mass is 16.5. The third kappa shape index (κ3) is 2.68. The van der Waals surface area contributed by atoms with Crippen molar-refractivity contribution in [1.29, 1.82) is 0 Å². The van der Waals surface area contributed by atoms with Gasteiger partial charge in [0, 0.05) is 11.5 Å². The lowest BCUT2D eigenvalue weighted by molar-refractivity contribution is -0.134. The van der Waals surface area contributed by atoms with Crippen LogP contribution in [-0.2, 0) is 15.2 Å². The molecule has 0 bridgehead atoms. The zero-order valence-corrected chi connectivity index (χ0v) is 11.5. The van der Waals surface area contributed by atoms with E-state index >= 15 is 0 Å². The van der Waals surface area contributed by atoms with Crippen LogP contribution in [0.2, 0.25) is 0 Å². The van der Waals surface area contributed by atoms with Gasteiger partial charge in [-0.05, 0) is 11.6 Å². The Morgan fingerprint density at radius 3 is 2.27 bits per heavy atom. The Balaban J connectivity index is 2.63. The fourth-order valence-electron chi connectivity index (χ4n) is 2.09. The van der Waals surface area contributed by atoms with Crippen LogP contribution in [0.15, 0.2) is 54.6 Å². The lowest BCUT2D eigenvalue weighted by Gasteiger charge is -2.27. The third-order valence-corrected chi connectivity index (χ3v) is 3.15. The molecule has 1 atom stereocenters. The quantitative estimate of drug-likeness (QED) is 0.380. The molecule has 22 heavy (non-hydrogen) atoms. The molecule has 2 aromatic carbocycles. The van der Waals surface area contributed by atoms with Gasteiger partial charge in [0.1, 0.15) is 5.75 Å². The summed E-state index contributed by atoms with van der Waals surface area (Å²) in [7, 11) is 0. The normalized spacial score (nSPS) is 12.7. The van der Waals surface area contributed by atoms with Gasteiger partial charge in [0.05, 0.1) is 0 Å². The van der Waals surface area contributed by atoms with Gasteiger partial charge in [-0.3, -0.25) is 4.79 Å². The largest absolute Gasteiger partial charge is 0.416 e. The first-order valence-electron chi connectivity index (χ1n) is 6.36. The van der Waals surface area contributed by atoms with Crippen LogP contribution in [0.25, 0.3) is 0 Å². The molecule has 0 aliphatic carbocycles. The van der Waals surface area contributed by atoms with Crippen molar-refractivity contribution in [3.8, 4) is 18.1 Å². The van der Waals surface area contributed by atoms with Gasteiger partial charge in [0.15, 0.2) is 5.60 Å². The van der Waals surface area contributed by atoms with Crippen molar-refractivity contribution >= 4 is 11.9 Å². The number of hydrogen-bond acceptors (Lipinski definition) is 4. The number of carbonyl (C=O) groups is 2. The Labute approximate surface area is 127 Å². The smallest absolute Gasteiger partial charge is 0.389 e. The highest BCUT2D eigenvalue weighted by molar-refractivity contribution is 5.92. The molecule has 2 aromatic rings. The first kappa shape index (κ1) is 15.3. The Bertz CT molecular complexity index is 749. The molecule has 1 unspecified atom stereocenters. The van der Waals surface area contributed by atoms with Crippen molar-refractivity contribution < 1.29 is 19.4 Å². The lowest BCUT2D eigenvalue weighted by Crippen LogP contribution is -2.42. The van der Waals surface area contributed by atoms with Gasteiger partial charge in [0.25, 0.3) is 5.91 Å². The van der Waals surface area contributed by atoms with E-state index in [1.807, 2.05) is 0 Å². The predicted octanol–water partition coefficient (Wildman–Crippen LogP) is 0.946. The molecule has 0 spiro atoms. The number of amides is 1. The fraction of sp³-hybridized carbons (Fsp3) is 0.0588. The van der Waals surface area contributed by atoms with E-state index < -0.39 is 17.5 Å². The van der Waals surface area contributed by atoms with Crippen molar-refractivity contribution in [2.45, 2.75) is 5.60 Å². The Morgan fingerprint density at radius 1 is 1.09 bits per heavy atom. The summed E-state index contributed by atoms with van der Waals surface area (Å²) < 4.78 is 4.97. The number of terminal acetylenes is 1. The van der Waals surface area contributed by atoms with Crippen molar-refractivity contribution in [3.63, 3.8) is 0 Å². The standard InChI is InChI=1S/C17H13NO4/c1-2-15(19)22-14-11-7-6-10-13(14)17(21,16(18)20)12-8-4-3-5-9-12/h1,3-11,21H,(H2,18,20). The van der Waals surface area contributed by atoms with E-state index in [-0.39, 0.29) is 16.9 Å². The summed E-state index contributed by atoms with van der Waals surface area (Å²) in [5.41, 5.74) is 3.55. The van der Waals surface area contributed by atoms with Gasteiger partial charge in [-0.2, -0.15) is 0 Å². The Hall–Kier alpha value is -3.10. The minimum atomic E-state index is -2.15. The van der Waals surface area contributed by atoms with Crippen molar-refractivity contribution in [2.75, 3.05) is 0 Å². The molecule has 5 heteroatoms. The zero-order chi connectivity index (χ0) is 16.2. The van der Waals surface area contributed by atoms with Gasteiger partial charge in [0.2, 0.25) is 0 Å². The molecule has 3 N–H and O–H groups in total. The molecule has 0 aromatic heterocycles. The molecule has 110 valence electrons. The number of ether oxygens (including phenoxy) is 1. The van der Waals surface area contributed by atoms with Crippen LogP contribution in [0.4, 0.5) is 0 Å². The average Bonchev–Trinajstić information content (AvgIpc) is 2.55. The van der Waals surface area contributed by atoms with Crippen molar-refractivity contribution in [1.82, 2.24) is 0 Å². The van der Waals surface area contributed by atoms with Crippen molar-refractivity contribution in [2.24, 2.45) is 5.73 Å². The van der Waals surface area contributed by atoms with Crippen LogP contribution in [0.5, 0.6) is 5.75 Å². The SMILES string of the molecule is C#CC(=O)Oc1ccccc1C(O)(C(N)=O)c1ccccc1. The van der Waals surface area contributed by atoms with Gasteiger partial charge in [-0.1, -0.05) is 48.5 Å². The number of rotatable bonds is 4.